The number of carboxylic acids is 1. The molecule has 0 atom stereocenters. The van der Waals surface area contributed by atoms with Crippen molar-refractivity contribution in [2.45, 2.75) is 12.8 Å². The van der Waals surface area contributed by atoms with Crippen LogP contribution < -0.4 is 4.90 Å². The first kappa shape index (κ1) is 12.8. The number of carbonyl (C=O) groups is 1. The van der Waals surface area contributed by atoms with Crippen LogP contribution >= 0.6 is 0 Å². The largest absolute Gasteiger partial charge is 0.478 e. The molecule has 0 radical (unpaired) electrons. The molecule has 0 spiro atoms. The minimum Gasteiger partial charge on any atom is -0.478 e. The van der Waals surface area contributed by atoms with E-state index in [2.05, 4.69) is 9.88 Å². The van der Waals surface area contributed by atoms with Gasteiger partial charge in [-0.2, -0.15) is 0 Å². The third kappa shape index (κ3) is 2.79. The molecule has 1 N–H and O–H groups in total. The van der Waals surface area contributed by atoms with Crippen molar-refractivity contribution >= 4 is 11.7 Å². The third-order valence-electron chi connectivity index (χ3n) is 3.39. The van der Waals surface area contributed by atoms with E-state index in [4.69, 9.17) is 9.84 Å². The smallest absolute Gasteiger partial charge is 0.339 e. The van der Waals surface area contributed by atoms with Crippen molar-refractivity contribution in [3.05, 3.63) is 24.0 Å². The van der Waals surface area contributed by atoms with Crippen molar-refractivity contribution < 1.29 is 14.6 Å². The summed E-state index contributed by atoms with van der Waals surface area (Å²) in [6, 6.07) is 1.78. The van der Waals surface area contributed by atoms with E-state index in [0.717, 1.165) is 38.2 Å². The molecule has 0 aliphatic carbocycles. The van der Waals surface area contributed by atoms with E-state index in [0.29, 0.717) is 5.92 Å². The number of rotatable bonds is 4. The second-order valence-corrected chi connectivity index (χ2v) is 4.58. The molecule has 1 aliphatic rings. The fourth-order valence-electron chi connectivity index (χ4n) is 2.40. The number of aromatic carboxylic acids is 1. The summed E-state index contributed by atoms with van der Waals surface area (Å²) in [6.07, 6.45) is 5.13. The molecule has 1 aromatic heterocycles. The summed E-state index contributed by atoms with van der Waals surface area (Å²) in [4.78, 5) is 17.1. The Labute approximate surface area is 106 Å². The highest BCUT2D eigenvalue weighted by atomic mass is 16.5. The van der Waals surface area contributed by atoms with Gasteiger partial charge in [0, 0.05) is 39.2 Å². The highest BCUT2D eigenvalue weighted by molar-refractivity contribution is 5.94. The summed E-state index contributed by atoms with van der Waals surface area (Å²) in [7, 11) is 1.72. The van der Waals surface area contributed by atoms with Crippen LogP contribution in [0, 0.1) is 5.92 Å². The molecule has 5 heteroatoms. The van der Waals surface area contributed by atoms with Gasteiger partial charge < -0.3 is 14.7 Å². The number of nitrogens with zero attached hydrogens (tertiary/aromatic N) is 2. The van der Waals surface area contributed by atoms with Crippen LogP contribution in [0.2, 0.25) is 0 Å². The van der Waals surface area contributed by atoms with Gasteiger partial charge in [-0.05, 0) is 24.8 Å². The molecule has 0 unspecified atom stereocenters. The number of carboxylic acid groups (broad SMARTS) is 1. The monoisotopic (exact) mass is 250 g/mol. The van der Waals surface area contributed by atoms with Crippen molar-refractivity contribution in [1.82, 2.24) is 4.98 Å². The Hall–Kier alpha value is -1.62. The highest BCUT2D eigenvalue weighted by Crippen LogP contribution is 2.25. The lowest BCUT2D eigenvalue weighted by molar-refractivity contribution is 0.0697. The Balaban J connectivity index is 2.07. The van der Waals surface area contributed by atoms with Gasteiger partial charge in [-0.15, -0.1) is 0 Å². The SMILES string of the molecule is COCC1CCN(c2ccncc2C(=O)O)CC1. The lowest BCUT2D eigenvalue weighted by Crippen LogP contribution is -2.35. The second kappa shape index (κ2) is 5.82. The maximum absolute atomic E-state index is 11.1. The van der Waals surface area contributed by atoms with Crippen LogP contribution in [-0.2, 0) is 4.74 Å². The van der Waals surface area contributed by atoms with E-state index in [1.807, 2.05) is 0 Å². The van der Waals surface area contributed by atoms with Crippen LogP contribution in [0.5, 0.6) is 0 Å². The van der Waals surface area contributed by atoms with Crippen LogP contribution in [0.3, 0.4) is 0 Å². The van der Waals surface area contributed by atoms with Crippen molar-refractivity contribution in [2.24, 2.45) is 5.92 Å². The zero-order chi connectivity index (χ0) is 13.0. The van der Waals surface area contributed by atoms with E-state index in [1.165, 1.54) is 6.20 Å². The molecule has 0 bridgehead atoms. The minimum absolute atomic E-state index is 0.280. The van der Waals surface area contributed by atoms with Crippen LogP contribution in [0.15, 0.2) is 18.5 Å². The fourth-order valence-corrected chi connectivity index (χ4v) is 2.40. The Kier molecular flexibility index (Phi) is 4.15. The number of aromatic nitrogens is 1. The maximum Gasteiger partial charge on any atom is 0.339 e. The first-order chi connectivity index (χ1) is 8.72. The number of hydrogen-bond donors (Lipinski definition) is 1. The van der Waals surface area contributed by atoms with Crippen LogP contribution in [0.25, 0.3) is 0 Å². The molecule has 18 heavy (non-hydrogen) atoms. The van der Waals surface area contributed by atoms with Gasteiger partial charge in [0.25, 0.3) is 0 Å². The van der Waals surface area contributed by atoms with Crippen molar-refractivity contribution in [3.63, 3.8) is 0 Å². The molecule has 1 fully saturated rings. The summed E-state index contributed by atoms with van der Waals surface area (Å²) in [5.41, 5.74) is 1.05. The van der Waals surface area contributed by atoms with Gasteiger partial charge in [0.05, 0.1) is 5.69 Å². The highest BCUT2D eigenvalue weighted by Gasteiger charge is 2.22. The summed E-state index contributed by atoms with van der Waals surface area (Å²) in [5.74, 6) is -0.335. The van der Waals surface area contributed by atoms with Gasteiger partial charge >= 0.3 is 5.97 Å². The molecule has 0 saturated carbocycles. The third-order valence-corrected chi connectivity index (χ3v) is 3.39. The van der Waals surface area contributed by atoms with E-state index in [-0.39, 0.29) is 5.56 Å². The standard InChI is InChI=1S/C13H18N2O3/c1-18-9-10-3-6-15(7-4-10)12-2-5-14-8-11(12)13(16)17/h2,5,8,10H,3-4,6-7,9H2,1H3,(H,16,17). The Morgan fingerprint density at radius 2 is 2.28 bits per heavy atom. The molecule has 0 aromatic carbocycles. The Morgan fingerprint density at radius 1 is 1.56 bits per heavy atom. The predicted molar refractivity (Wildman–Crippen MR) is 68.0 cm³/mol. The van der Waals surface area contributed by atoms with Crippen molar-refractivity contribution in [1.29, 1.82) is 0 Å². The first-order valence-corrected chi connectivity index (χ1v) is 6.13. The van der Waals surface area contributed by atoms with E-state index in [1.54, 1.807) is 19.4 Å². The average molecular weight is 250 g/mol. The molecular weight excluding hydrogens is 232 g/mol. The summed E-state index contributed by atoms with van der Waals surface area (Å²) in [6.45, 7) is 2.53. The fraction of sp³-hybridized carbons (Fsp3) is 0.538. The summed E-state index contributed by atoms with van der Waals surface area (Å²) >= 11 is 0. The van der Waals surface area contributed by atoms with Crippen LogP contribution in [0.4, 0.5) is 5.69 Å². The minimum atomic E-state index is -0.919. The molecule has 0 amide bonds. The molecule has 1 aliphatic heterocycles. The van der Waals surface area contributed by atoms with Gasteiger partial charge in [0.2, 0.25) is 0 Å². The molecular formula is C13H18N2O3. The zero-order valence-electron chi connectivity index (χ0n) is 10.5. The lowest BCUT2D eigenvalue weighted by atomic mass is 9.97. The normalized spacial score (nSPS) is 16.8. The molecule has 1 saturated heterocycles. The van der Waals surface area contributed by atoms with Crippen LogP contribution in [-0.4, -0.2) is 42.9 Å². The molecule has 5 nitrogen and oxygen atoms in total. The van der Waals surface area contributed by atoms with Gasteiger partial charge in [-0.1, -0.05) is 0 Å². The molecule has 2 rings (SSSR count). The average Bonchev–Trinajstić information content (AvgIpc) is 2.40. The molecule has 98 valence electrons. The first-order valence-electron chi connectivity index (χ1n) is 6.13. The molecule has 1 aromatic rings. The second-order valence-electron chi connectivity index (χ2n) is 4.58. The topological polar surface area (TPSA) is 62.7 Å². The Morgan fingerprint density at radius 3 is 2.89 bits per heavy atom. The number of methoxy groups -OCH3 is 1. The van der Waals surface area contributed by atoms with E-state index >= 15 is 0 Å². The Bertz CT molecular complexity index is 414. The number of ether oxygens (including phenoxy) is 1. The van der Waals surface area contributed by atoms with Crippen molar-refractivity contribution in [3.8, 4) is 0 Å². The van der Waals surface area contributed by atoms with E-state index < -0.39 is 5.97 Å². The van der Waals surface area contributed by atoms with Gasteiger partial charge in [0.15, 0.2) is 0 Å². The summed E-state index contributed by atoms with van der Waals surface area (Å²) < 4.78 is 5.16. The summed E-state index contributed by atoms with van der Waals surface area (Å²) in [5, 5.41) is 9.15. The van der Waals surface area contributed by atoms with Gasteiger partial charge in [0.1, 0.15) is 5.56 Å². The van der Waals surface area contributed by atoms with Gasteiger partial charge in [-0.3, -0.25) is 4.98 Å². The molecule has 2 heterocycles. The van der Waals surface area contributed by atoms with Crippen molar-refractivity contribution in [2.75, 3.05) is 31.7 Å². The van der Waals surface area contributed by atoms with E-state index in [9.17, 15) is 4.79 Å². The number of pyridine rings is 1. The van der Waals surface area contributed by atoms with Crippen LogP contribution in [0.1, 0.15) is 23.2 Å². The maximum atomic E-state index is 11.1. The number of piperidine rings is 1. The van der Waals surface area contributed by atoms with Gasteiger partial charge in [-0.25, -0.2) is 4.79 Å². The lowest BCUT2D eigenvalue weighted by Gasteiger charge is -2.33. The predicted octanol–water partition coefficient (Wildman–Crippen LogP) is 1.64. The number of anilines is 1. The zero-order valence-corrected chi connectivity index (χ0v) is 10.5. The quantitative estimate of drug-likeness (QED) is 0.880. The number of hydrogen-bond acceptors (Lipinski definition) is 4.